The molecule has 0 fully saturated rings. The van der Waals surface area contributed by atoms with Crippen LogP contribution in [-0.2, 0) is 6.42 Å². The Labute approximate surface area is 79.5 Å². The van der Waals surface area contributed by atoms with Crippen LogP contribution < -0.4 is 17.2 Å². The first-order valence-corrected chi connectivity index (χ1v) is 3.80. The van der Waals surface area contributed by atoms with Gasteiger partial charge in [0.25, 0.3) is 0 Å². The van der Waals surface area contributed by atoms with Crippen LogP contribution in [0.4, 0.5) is 0 Å². The number of nitrogens with two attached hydrogens (primary N) is 3. The average Bonchev–Trinajstić information content (AvgIpc) is 2.55. The quantitative estimate of drug-likeness (QED) is 0.305. The topological polar surface area (TPSA) is 157 Å². The summed E-state index contributed by atoms with van der Waals surface area (Å²) >= 11 is 0. The second-order valence-electron chi connectivity index (χ2n) is 2.35. The van der Waals surface area contributed by atoms with Gasteiger partial charge in [0.1, 0.15) is 0 Å². The maximum atomic E-state index is 5.35. The third-order valence-corrected chi connectivity index (χ3v) is 1.24. The van der Waals surface area contributed by atoms with Crippen LogP contribution in [0.15, 0.2) is 9.98 Å². The average molecular weight is 197 g/mol. The number of hydrogen-bond donors (Lipinski definition) is 4. The van der Waals surface area contributed by atoms with Crippen LogP contribution in [0.1, 0.15) is 5.82 Å². The lowest BCUT2D eigenvalue weighted by molar-refractivity contribution is 0.872. The van der Waals surface area contributed by atoms with Gasteiger partial charge in [0.05, 0.1) is 6.54 Å². The van der Waals surface area contributed by atoms with Gasteiger partial charge in [-0.3, -0.25) is 4.99 Å². The molecule has 0 spiro atoms. The van der Waals surface area contributed by atoms with Gasteiger partial charge in [0, 0.05) is 6.42 Å². The number of nitrogens with one attached hydrogen (secondary N) is 1. The highest BCUT2D eigenvalue weighted by molar-refractivity contribution is 5.92. The van der Waals surface area contributed by atoms with Gasteiger partial charge in [-0.1, -0.05) is 5.21 Å². The minimum absolute atomic E-state index is 0.0356. The summed E-state index contributed by atoms with van der Waals surface area (Å²) in [6, 6.07) is 0. The molecule has 0 unspecified atom stereocenters. The number of guanidine groups is 2. The van der Waals surface area contributed by atoms with Crippen LogP contribution in [0, 0.1) is 0 Å². The van der Waals surface area contributed by atoms with Crippen molar-refractivity contribution in [2.75, 3.05) is 6.54 Å². The fraction of sp³-hybridized carbons (Fsp3) is 0.400. The number of nitrogens with zero attached hydrogens (tertiary/aromatic N) is 5. The summed E-state index contributed by atoms with van der Waals surface area (Å²) in [5, 5.41) is 13.2. The maximum Gasteiger partial charge on any atom is 0.218 e. The molecule has 76 valence electrons. The van der Waals surface area contributed by atoms with Crippen molar-refractivity contribution in [3.05, 3.63) is 5.82 Å². The molecule has 0 atom stereocenters. The minimum atomic E-state index is -0.120. The summed E-state index contributed by atoms with van der Waals surface area (Å²) in [5.41, 5.74) is 15.5. The van der Waals surface area contributed by atoms with E-state index in [2.05, 4.69) is 30.6 Å². The standard InChI is InChI=1S/C5H11N9/c6-4(7)10-5(8)9-2-1-3-11-13-14-12-3/h1-2H2,(H,11,12,13,14)(H6,6,7,8,9,10). The van der Waals surface area contributed by atoms with Gasteiger partial charge in [0.15, 0.2) is 11.8 Å². The van der Waals surface area contributed by atoms with Gasteiger partial charge in [-0.2, -0.15) is 10.2 Å². The van der Waals surface area contributed by atoms with E-state index >= 15 is 0 Å². The third-order valence-electron chi connectivity index (χ3n) is 1.24. The Balaban J connectivity index is 2.37. The minimum Gasteiger partial charge on any atom is -0.370 e. The number of H-pyrrole nitrogens is 1. The zero-order valence-corrected chi connectivity index (χ0v) is 7.38. The lowest BCUT2D eigenvalue weighted by atomic mass is 10.4. The number of rotatable bonds is 3. The zero-order valence-electron chi connectivity index (χ0n) is 7.38. The second-order valence-corrected chi connectivity index (χ2v) is 2.35. The molecule has 0 aliphatic rings. The van der Waals surface area contributed by atoms with E-state index in [0.29, 0.717) is 18.8 Å². The van der Waals surface area contributed by atoms with Crippen molar-refractivity contribution in [1.82, 2.24) is 20.6 Å². The van der Waals surface area contributed by atoms with Crippen LogP contribution in [0.3, 0.4) is 0 Å². The summed E-state index contributed by atoms with van der Waals surface area (Å²) in [7, 11) is 0. The van der Waals surface area contributed by atoms with E-state index in [9.17, 15) is 0 Å². The van der Waals surface area contributed by atoms with Gasteiger partial charge in [0.2, 0.25) is 5.96 Å². The van der Waals surface area contributed by atoms with Crippen molar-refractivity contribution in [3.63, 3.8) is 0 Å². The summed E-state index contributed by atoms with van der Waals surface area (Å²) in [6.45, 7) is 0.405. The highest BCUT2D eigenvalue weighted by Gasteiger charge is 1.96. The zero-order chi connectivity index (χ0) is 10.4. The first-order chi connectivity index (χ1) is 6.68. The van der Waals surface area contributed by atoms with Crippen LogP contribution in [0.5, 0.6) is 0 Å². The summed E-state index contributed by atoms with van der Waals surface area (Å²) in [5.74, 6) is 0.477. The van der Waals surface area contributed by atoms with Crippen LogP contribution in [-0.4, -0.2) is 39.1 Å². The highest BCUT2D eigenvalue weighted by atomic mass is 15.5. The molecule has 9 nitrogen and oxygen atoms in total. The van der Waals surface area contributed by atoms with Crippen molar-refractivity contribution in [3.8, 4) is 0 Å². The number of hydrogen-bond acceptors (Lipinski definition) is 4. The van der Waals surface area contributed by atoms with E-state index in [-0.39, 0.29) is 11.9 Å². The first-order valence-electron chi connectivity index (χ1n) is 3.80. The first kappa shape index (κ1) is 9.89. The molecule has 0 bridgehead atoms. The Bertz CT molecular complexity index is 319. The van der Waals surface area contributed by atoms with Gasteiger partial charge in [-0.25, -0.2) is 0 Å². The third kappa shape index (κ3) is 3.47. The molecule has 0 saturated carbocycles. The van der Waals surface area contributed by atoms with Gasteiger partial charge in [-0.05, 0) is 0 Å². The van der Waals surface area contributed by atoms with E-state index in [1.807, 2.05) is 0 Å². The molecule has 9 heteroatoms. The molecule has 0 aliphatic carbocycles. The van der Waals surface area contributed by atoms with Gasteiger partial charge in [-0.15, -0.1) is 10.2 Å². The molecule has 0 radical (unpaired) electrons. The van der Waals surface area contributed by atoms with Crippen molar-refractivity contribution >= 4 is 11.9 Å². The molecule has 0 saturated heterocycles. The van der Waals surface area contributed by atoms with Gasteiger partial charge < -0.3 is 17.2 Å². The number of tetrazole rings is 1. The molecular weight excluding hydrogens is 186 g/mol. The fourth-order valence-electron chi connectivity index (χ4n) is 0.726. The Morgan fingerprint density at radius 1 is 1.36 bits per heavy atom. The monoisotopic (exact) mass is 197 g/mol. The van der Waals surface area contributed by atoms with E-state index in [1.165, 1.54) is 0 Å². The van der Waals surface area contributed by atoms with Crippen molar-refractivity contribution in [1.29, 1.82) is 0 Å². The highest BCUT2D eigenvalue weighted by Crippen LogP contribution is 1.86. The molecular formula is C5H11N9. The van der Waals surface area contributed by atoms with Crippen molar-refractivity contribution < 1.29 is 0 Å². The fourth-order valence-corrected chi connectivity index (χ4v) is 0.726. The smallest absolute Gasteiger partial charge is 0.218 e. The number of aromatic nitrogens is 4. The molecule has 0 aromatic carbocycles. The summed E-state index contributed by atoms with van der Waals surface area (Å²) < 4.78 is 0. The largest absolute Gasteiger partial charge is 0.370 e. The second kappa shape index (κ2) is 4.74. The predicted molar refractivity (Wildman–Crippen MR) is 50.2 cm³/mol. The molecule has 0 amide bonds. The van der Waals surface area contributed by atoms with Crippen molar-refractivity contribution in [2.24, 2.45) is 27.2 Å². The maximum absolute atomic E-state index is 5.35. The van der Waals surface area contributed by atoms with Crippen LogP contribution >= 0.6 is 0 Å². The van der Waals surface area contributed by atoms with E-state index < -0.39 is 0 Å². The van der Waals surface area contributed by atoms with Crippen LogP contribution in [0.25, 0.3) is 0 Å². The van der Waals surface area contributed by atoms with E-state index in [4.69, 9.17) is 17.2 Å². The molecule has 0 aliphatic heterocycles. The normalized spacial score (nSPS) is 11.3. The Kier molecular flexibility index (Phi) is 3.35. The lowest BCUT2D eigenvalue weighted by Crippen LogP contribution is -2.26. The van der Waals surface area contributed by atoms with Crippen LogP contribution in [0.2, 0.25) is 0 Å². The Morgan fingerprint density at radius 3 is 2.71 bits per heavy atom. The molecule has 1 heterocycles. The van der Waals surface area contributed by atoms with E-state index in [0.717, 1.165) is 0 Å². The SMILES string of the molecule is NC(N)=NC(N)=NCCc1nn[nH]n1. The van der Waals surface area contributed by atoms with Gasteiger partial charge >= 0.3 is 0 Å². The summed E-state index contributed by atoms with van der Waals surface area (Å²) in [6.07, 6.45) is 0.525. The summed E-state index contributed by atoms with van der Waals surface area (Å²) in [4.78, 5) is 7.40. The molecule has 1 aromatic rings. The number of aliphatic imine (C=N–C) groups is 2. The Hall–Kier alpha value is -2.19. The molecule has 1 rings (SSSR count). The molecule has 1 aromatic heterocycles. The van der Waals surface area contributed by atoms with Crippen molar-refractivity contribution in [2.45, 2.75) is 6.42 Å². The molecule has 14 heavy (non-hydrogen) atoms. The molecule has 7 N–H and O–H groups in total. The predicted octanol–water partition coefficient (Wildman–Crippen LogP) is -2.67. The lowest BCUT2D eigenvalue weighted by Gasteiger charge is -1.93. The Morgan fingerprint density at radius 2 is 2.14 bits per heavy atom. The number of aromatic amines is 1. The van der Waals surface area contributed by atoms with E-state index in [1.54, 1.807) is 0 Å².